The molecule has 0 heterocycles. The van der Waals surface area contributed by atoms with E-state index in [1.165, 1.54) is 49.6 Å². The summed E-state index contributed by atoms with van der Waals surface area (Å²) >= 11 is 0. The van der Waals surface area contributed by atoms with Crippen LogP contribution in [0.25, 0.3) is 11.6 Å². The molecule has 0 radical (unpaired) electrons. The quantitative estimate of drug-likeness (QED) is 0.390. The molecular formula is C17H12N2O5. The SMILES string of the molecule is COc1ccc(/C=C(/C#N)c2ccc(C(=O)O)cc2)cc1[N+](=O)[O-]. The van der Waals surface area contributed by atoms with Crippen LogP contribution >= 0.6 is 0 Å². The van der Waals surface area contributed by atoms with Crippen molar-refractivity contribution in [3.63, 3.8) is 0 Å². The molecule has 0 saturated heterocycles. The summed E-state index contributed by atoms with van der Waals surface area (Å²) in [6.07, 6.45) is 1.49. The summed E-state index contributed by atoms with van der Waals surface area (Å²) in [7, 11) is 1.34. The summed E-state index contributed by atoms with van der Waals surface area (Å²) in [5.74, 6) is -0.934. The molecule has 7 heteroatoms. The molecule has 2 rings (SSSR count). The predicted molar refractivity (Wildman–Crippen MR) is 86.5 cm³/mol. The fraction of sp³-hybridized carbons (Fsp3) is 0.0588. The molecular weight excluding hydrogens is 312 g/mol. The van der Waals surface area contributed by atoms with Gasteiger partial charge < -0.3 is 9.84 Å². The molecule has 0 saturated carbocycles. The molecule has 24 heavy (non-hydrogen) atoms. The average Bonchev–Trinajstić information content (AvgIpc) is 2.59. The van der Waals surface area contributed by atoms with Crippen LogP contribution in [0.2, 0.25) is 0 Å². The topological polar surface area (TPSA) is 113 Å². The third-order valence-electron chi connectivity index (χ3n) is 3.27. The summed E-state index contributed by atoms with van der Waals surface area (Å²) in [5, 5.41) is 29.2. The maximum absolute atomic E-state index is 11.0. The van der Waals surface area contributed by atoms with Gasteiger partial charge in [-0.2, -0.15) is 5.26 Å². The number of aromatic carboxylic acids is 1. The Morgan fingerprint density at radius 1 is 1.25 bits per heavy atom. The highest BCUT2D eigenvalue weighted by molar-refractivity contribution is 5.92. The Morgan fingerprint density at radius 2 is 1.88 bits per heavy atom. The Balaban J connectivity index is 2.44. The molecule has 0 spiro atoms. The fourth-order valence-electron chi connectivity index (χ4n) is 2.08. The van der Waals surface area contributed by atoms with Gasteiger partial charge in [-0.15, -0.1) is 0 Å². The Morgan fingerprint density at radius 3 is 2.38 bits per heavy atom. The molecule has 0 amide bonds. The summed E-state index contributed by atoms with van der Waals surface area (Å²) in [6, 6.07) is 12.2. The lowest BCUT2D eigenvalue weighted by Crippen LogP contribution is -1.96. The number of carbonyl (C=O) groups is 1. The first-order valence-corrected chi connectivity index (χ1v) is 6.74. The standard InChI is InChI=1S/C17H12N2O5/c1-24-16-7-2-11(9-15(16)19(22)23)8-14(10-18)12-3-5-13(6-4-12)17(20)21/h2-9H,1H3,(H,20,21)/b14-8-. The average molecular weight is 324 g/mol. The third kappa shape index (κ3) is 3.56. The van der Waals surface area contributed by atoms with Crippen molar-refractivity contribution in [3.8, 4) is 11.8 Å². The van der Waals surface area contributed by atoms with Gasteiger partial charge in [-0.05, 0) is 35.4 Å². The molecule has 7 nitrogen and oxygen atoms in total. The van der Waals surface area contributed by atoms with Crippen molar-refractivity contribution in [2.75, 3.05) is 7.11 Å². The van der Waals surface area contributed by atoms with Crippen LogP contribution < -0.4 is 4.74 Å². The number of nitro benzene ring substituents is 1. The Hall–Kier alpha value is -3.66. The van der Waals surface area contributed by atoms with Crippen LogP contribution in [0.5, 0.6) is 5.75 Å². The van der Waals surface area contributed by atoms with Crippen LogP contribution in [0.3, 0.4) is 0 Å². The number of benzene rings is 2. The van der Waals surface area contributed by atoms with E-state index in [9.17, 15) is 20.2 Å². The van der Waals surface area contributed by atoms with Crippen LogP contribution in [0.4, 0.5) is 5.69 Å². The van der Waals surface area contributed by atoms with Gasteiger partial charge in [-0.25, -0.2) is 4.79 Å². The number of methoxy groups -OCH3 is 1. The molecule has 0 unspecified atom stereocenters. The van der Waals surface area contributed by atoms with Crippen molar-refractivity contribution < 1.29 is 19.6 Å². The molecule has 120 valence electrons. The minimum absolute atomic E-state index is 0.108. The van der Waals surface area contributed by atoms with Gasteiger partial charge in [-0.3, -0.25) is 10.1 Å². The number of nitrogens with zero attached hydrogens (tertiary/aromatic N) is 2. The monoisotopic (exact) mass is 324 g/mol. The maximum atomic E-state index is 11.0. The normalized spacial score (nSPS) is 10.8. The summed E-state index contributed by atoms with van der Waals surface area (Å²) in [4.78, 5) is 21.3. The van der Waals surface area contributed by atoms with Crippen molar-refractivity contribution in [2.45, 2.75) is 0 Å². The highest BCUT2D eigenvalue weighted by atomic mass is 16.6. The lowest BCUT2D eigenvalue weighted by atomic mass is 10.0. The lowest BCUT2D eigenvalue weighted by Gasteiger charge is -2.04. The van der Waals surface area contributed by atoms with Crippen LogP contribution in [0.15, 0.2) is 42.5 Å². The zero-order valence-corrected chi connectivity index (χ0v) is 12.6. The summed E-state index contributed by atoms with van der Waals surface area (Å²) in [6.45, 7) is 0. The Kier molecular flexibility index (Phi) is 4.92. The fourth-order valence-corrected chi connectivity index (χ4v) is 2.08. The minimum Gasteiger partial charge on any atom is -0.490 e. The number of rotatable bonds is 5. The molecule has 0 bridgehead atoms. The van der Waals surface area contributed by atoms with E-state index in [0.29, 0.717) is 11.1 Å². The zero-order chi connectivity index (χ0) is 17.7. The van der Waals surface area contributed by atoms with Gasteiger partial charge in [0.2, 0.25) is 0 Å². The van der Waals surface area contributed by atoms with E-state index >= 15 is 0 Å². The van der Waals surface area contributed by atoms with Gasteiger partial charge in [-0.1, -0.05) is 18.2 Å². The summed E-state index contributed by atoms with van der Waals surface area (Å²) in [5.41, 5.74) is 1.13. The smallest absolute Gasteiger partial charge is 0.335 e. The first-order chi connectivity index (χ1) is 11.5. The number of nitriles is 1. The van der Waals surface area contributed by atoms with Crippen molar-refractivity contribution in [2.24, 2.45) is 0 Å². The highest BCUT2D eigenvalue weighted by Gasteiger charge is 2.15. The molecule has 0 aliphatic rings. The molecule has 0 atom stereocenters. The number of carboxylic acid groups (broad SMARTS) is 1. The lowest BCUT2D eigenvalue weighted by molar-refractivity contribution is -0.385. The second-order valence-corrected chi connectivity index (χ2v) is 4.74. The van der Waals surface area contributed by atoms with E-state index in [0.717, 1.165) is 0 Å². The molecule has 2 aromatic carbocycles. The summed E-state index contributed by atoms with van der Waals surface area (Å²) < 4.78 is 4.93. The van der Waals surface area contributed by atoms with Gasteiger partial charge in [0, 0.05) is 6.07 Å². The predicted octanol–water partition coefficient (Wildman–Crippen LogP) is 3.37. The number of ether oxygens (including phenoxy) is 1. The van der Waals surface area contributed by atoms with Gasteiger partial charge in [0.05, 0.1) is 29.2 Å². The van der Waals surface area contributed by atoms with E-state index in [2.05, 4.69) is 0 Å². The molecule has 0 aromatic heterocycles. The molecule has 2 aromatic rings. The van der Waals surface area contributed by atoms with Crippen molar-refractivity contribution in [1.82, 2.24) is 0 Å². The van der Waals surface area contributed by atoms with E-state index in [1.54, 1.807) is 6.07 Å². The number of hydrogen-bond donors (Lipinski definition) is 1. The largest absolute Gasteiger partial charge is 0.490 e. The van der Waals surface area contributed by atoms with Gasteiger partial charge in [0.1, 0.15) is 0 Å². The van der Waals surface area contributed by atoms with E-state index in [4.69, 9.17) is 9.84 Å². The number of carboxylic acids is 1. The van der Waals surface area contributed by atoms with E-state index in [1.807, 2.05) is 6.07 Å². The van der Waals surface area contributed by atoms with Crippen molar-refractivity contribution >= 4 is 23.3 Å². The number of hydrogen-bond acceptors (Lipinski definition) is 5. The molecule has 0 fully saturated rings. The van der Waals surface area contributed by atoms with E-state index in [-0.39, 0.29) is 22.6 Å². The van der Waals surface area contributed by atoms with Crippen LogP contribution in [0, 0.1) is 21.4 Å². The van der Waals surface area contributed by atoms with Crippen LogP contribution in [-0.4, -0.2) is 23.1 Å². The zero-order valence-electron chi connectivity index (χ0n) is 12.6. The highest BCUT2D eigenvalue weighted by Crippen LogP contribution is 2.29. The van der Waals surface area contributed by atoms with Crippen LogP contribution in [0.1, 0.15) is 21.5 Å². The van der Waals surface area contributed by atoms with Crippen molar-refractivity contribution in [3.05, 3.63) is 69.3 Å². The first kappa shape index (κ1) is 16.7. The molecule has 0 aliphatic heterocycles. The van der Waals surface area contributed by atoms with E-state index < -0.39 is 10.9 Å². The van der Waals surface area contributed by atoms with Gasteiger partial charge in [0.25, 0.3) is 0 Å². The third-order valence-corrected chi connectivity index (χ3v) is 3.27. The maximum Gasteiger partial charge on any atom is 0.335 e. The molecule has 1 N–H and O–H groups in total. The van der Waals surface area contributed by atoms with Crippen LogP contribution in [-0.2, 0) is 0 Å². The Bertz CT molecular complexity index is 864. The first-order valence-electron chi connectivity index (χ1n) is 6.74. The van der Waals surface area contributed by atoms with Gasteiger partial charge >= 0.3 is 11.7 Å². The van der Waals surface area contributed by atoms with Gasteiger partial charge in [0.15, 0.2) is 5.75 Å². The Labute approximate surface area is 137 Å². The number of allylic oxidation sites excluding steroid dienone is 1. The minimum atomic E-state index is -1.06. The molecule has 0 aliphatic carbocycles. The number of nitro groups is 1. The second-order valence-electron chi connectivity index (χ2n) is 4.74. The second kappa shape index (κ2) is 7.07. The van der Waals surface area contributed by atoms with Crippen molar-refractivity contribution in [1.29, 1.82) is 5.26 Å².